The smallest absolute Gasteiger partial charge is 0.317 e. The van der Waals surface area contributed by atoms with Crippen molar-refractivity contribution in [3.8, 4) is 0 Å². The van der Waals surface area contributed by atoms with Gasteiger partial charge in [-0.1, -0.05) is 18.6 Å². The van der Waals surface area contributed by atoms with Crippen LogP contribution in [0.15, 0.2) is 11.6 Å². The first-order valence-electron chi connectivity index (χ1n) is 14.5. The highest BCUT2D eigenvalue weighted by atomic mass is 16.6. The van der Waals surface area contributed by atoms with E-state index in [1.165, 1.54) is 5.57 Å². The van der Waals surface area contributed by atoms with Crippen LogP contribution in [0.2, 0.25) is 0 Å². The van der Waals surface area contributed by atoms with Gasteiger partial charge in [0, 0.05) is 58.6 Å². The SMILES string of the molecule is CCC(=O)CCC(=O)OCCN1CCN(C(=O)N[C@@H]2CC[C@]3(CO3)[C@@H](C3(C)O[C@@H]3CC=C(C)C)[C@@H]2OC)CC1. The van der Waals surface area contributed by atoms with E-state index in [1.54, 1.807) is 14.0 Å². The summed E-state index contributed by atoms with van der Waals surface area (Å²) in [6.45, 7) is 12.4. The highest BCUT2D eigenvalue weighted by molar-refractivity contribution is 5.82. The van der Waals surface area contributed by atoms with Crippen LogP contribution in [0.4, 0.5) is 4.79 Å². The maximum atomic E-state index is 13.3. The molecule has 1 unspecified atom stereocenters. The van der Waals surface area contributed by atoms with E-state index in [1.807, 2.05) is 4.90 Å². The number of nitrogens with zero attached hydrogens (tertiary/aromatic N) is 2. The molecule has 3 heterocycles. The Bertz CT molecular complexity index is 924. The lowest BCUT2D eigenvalue weighted by Gasteiger charge is -2.44. The van der Waals surface area contributed by atoms with Crippen molar-refractivity contribution >= 4 is 17.8 Å². The zero-order valence-corrected chi connectivity index (χ0v) is 24.3. The van der Waals surface area contributed by atoms with Crippen molar-refractivity contribution in [3.05, 3.63) is 11.6 Å². The van der Waals surface area contributed by atoms with Gasteiger partial charge in [0.2, 0.25) is 0 Å². The second-order valence-corrected chi connectivity index (χ2v) is 11.9. The Morgan fingerprint density at radius 3 is 2.46 bits per heavy atom. The molecule has 0 aromatic rings. The number of nitrogens with one attached hydrogen (secondary N) is 1. The number of amides is 2. The molecule has 1 aliphatic carbocycles. The number of allylic oxidation sites excluding steroid dienone is 1. The van der Waals surface area contributed by atoms with Gasteiger partial charge < -0.3 is 29.2 Å². The van der Waals surface area contributed by atoms with Crippen molar-refractivity contribution in [2.24, 2.45) is 5.92 Å². The number of methoxy groups -OCH3 is 1. The molecule has 0 radical (unpaired) electrons. The van der Waals surface area contributed by atoms with Gasteiger partial charge in [0.05, 0.1) is 36.9 Å². The molecule has 10 heteroatoms. The van der Waals surface area contributed by atoms with Crippen LogP contribution in [0, 0.1) is 5.92 Å². The summed E-state index contributed by atoms with van der Waals surface area (Å²) in [5, 5.41) is 3.27. The predicted molar refractivity (Wildman–Crippen MR) is 145 cm³/mol. The molecule has 3 saturated heterocycles. The summed E-state index contributed by atoms with van der Waals surface area (Å²) < 4.78 is 23.6. The Morgan fingerprint density at radius 2 is 1.85 bits per heavy atom. The summed E-state index contributed by atoms with van der Waals surface area (Å²) in [5.41, 5.74) is 0.743. The second kappa shape index (κ2) is 12.7. The van der Waals surface area contributed by atoms with Gasteiger partial charge in [-0.05, 0) is 40.0 Å². The fraction of sp³-hybridized carbons (Fsp3) is 0.828. The first-order chi connectivity index (χ1) is 18.6. The largest absolute Gasteiger partial charge is 0.464 e. The minimum atomic E-state index is -0.333. The number of ether oxygens (including phenoxy) is 4. The Kier molecular flexibility index (Phi) is 9.73. The number of carbonyl (C=O) groups is 3. The highest BCUT2D eigenvalue weighted by Crippen LogP contribution is 2.59. The van der Waals surface area contributed by atoms with Gasteiger partial charge >= 0.3 is 12.0 Å². The molecule has 220 valence electrons. The molecule has 1 N–H and O–H groups in total. The van der Waals surface area contributed by atoms with Gasteiger partial charge in [-0.15, -0.1) is 0 Å². The normalized spacial score (nSPS) is 33.9. The predicted octanol–water partition coefficient (Wildman–Crippen LogP) is 2.69. The molecular weight excluding hydrogens is 502 g/mol. The van der Waals surface area contributed by atoms with Gasteiger partial charge in [-0.25, -0.2) is 4.79 Å². The number of rotatable bonds is 12. The number of urea groups is 1. The molecule has 4 aliphatic rings. The molecule has 39 heavy (non-hydrogen) atoms. The van der Waals surface area contributed by atoms with E-state index < -0.39 is 0 Å². The van der Waals surface area contributed by atoms with Crippen LogP contribution in [-0.4, -0.2) is 110 Å². The first-order valence-corrected chi connectivity index (χ1v) is 14.5. The van der Waals surface area contributed by atoms with Crippen LogP contribution in [0.3, 0.4) is 0 Å². The molecule has 6 atom stereocenters. The van der Waals surface area contributed by atoms with Gasteiger partial charge in [0.25, 0.3) is 0 Å². The van der Waals surface area contributed by atoms with Crippen molar-refractivity contribution in [3.63, 3.8) is 0 Å². The molecule has 0 bridgehead atoms. The quantitative estimate of drug-likeness (QED) is 0.225. The first kappa shape index (κ1) is 30.0. The fourth-order valence-corrected chi connectivity index (χ4v) is 6.35. The van der Waals surface area contributed by atoms with E-state index in [4.69, 9.17) is 18.9 Å². The Balaban J connectivity index is 1.23. The number of esters is 1. The zero-order chi connectivity index (χ0) is 28.2. The monoisotopic (exact) mass is 549 g/mol. The number of Topliss-reactive ketones (excluding diaryl/α,β-unsaturated/α-hetero) is 1. The lowest BCUT2D eigenvalue weighted by molar-refractivity contribution is -0.145. The lowest BCUT2D eigenvalue weighted by atomic mass is 9.67. The third kappa shape index (κ3) is 7.20. The van der Waals surface area contributed by atoms with Crippen LogP contribution in [0.5, 0.6) is 0 Å². The van der Waals surface area contributed by atoms with Crippen molar-refractivity contribution in [1.29, 1.82) is 0 Å². The molecule has 4 fully saturated rings. The summed E-state index contributed by atoms with van der Waals surface area (Å²) >= 11 is 0. The van der Waals surface area contributed by atoms with E-state index in [9.17, 15) is 14.4 Å². The van der Waals surface area contributed by atoms with Crippen LogP contribution >= 0.6 is 0 Å². The average molecular weight is 550 g/mol. The molecule has 10 nitrogen and oxygen atoms in total. The Hall–Kier alpha value is -2.01. The summed E-state index contributed by atoms with van der Waals surface area (Å²) in [6, 6.07) is -0.174. The minimum Gasteiger partial charge on any atom is -0.464 e. The molecular formula is C29H47N3O7. The van der Waals surface area contributed by atoms with Crippen molar-refractivity contribution < 1.29 is 33.3 Å². The average Bonchev–Trinajstić information content (AvgIpc) is 3.84. The van der Waals surface area contributed by atoms with E-state index >= 15 is 0 Å². The number of epoxide rings is 2. The van der Waals surface area contributed by atoms with Crippen LogP contribution in [0.1, 0.15) is 66.2 Å². The Labute approximate surface area is 232 Å². The summed E-state index contributed by atoms with van der Waals surface area (Å²) in [5.74, 6) is -0.203. The van der Waals surface area contributed by atoms with Gasteiger partial charge in [-0.3, -0.25) is 14.5 Å². The summed E-state index contributed by atoms with van der Waals surface area (Å²) in [4.78, 5) is 40.5. The van der Waals surface area contributed by atoms with E-state index in [0.29, 0.717) is 32.7 Å². The maximum absolute atomic E-state index is 13.3. The fourth-order valence-electron chi connectivity index (χ4n) is 6.35. The molecule has 2 amide bonds. The van der Waals surface area contributed by atoms with Crippen molar-refractivity contribution in [2.45, 2.75) is 95.7 Å². The number of ketones is 1. The van der Waals surface area contributed by atoms with Gasteiger partial charge in [0.15, 0.2) is 0 Å². The van der Waals surface area contributed by atoms with Crippen LogP contribution < -0.4 is 5.32 Å². The number of hydrogen-bond donors (Lipinski definition) is 1. The van der Waals surface area contributed by atoms with Crippen LogP contribution in [0.25, 0.3) is 0 Å². The van der Waals surface area contributed by atoms with Crippen LogP contribution in [-0.2, 0) is 28.5 Å². The molecule has 0 aromatic carbocycles. The van der Waals surface area contributed by atoms with Gasteiger partial charge in [-0.2, -0.15) is 0 Å². The zero-order valence-electron chi connectivity index (χ0n) is 24.3. The summed E-state index contributed by atoms with van der Waals surface area (Å²) in [6.07, 6.45) is 5.57. The van der Waals surface area contributed by atoms with E-state index in [-0.39, 0.29) is 66.0 Å². The maximum Gasteiger partial charge on any atom is 0.317 e. The number of carbonyl (C=O) groups excluding carboxylic acids is 3. The molecule has 3 aliphatic heterocycles. The second-order valence-electron chi connectivity index (χ2n) is 11.9. The number of hydrogen-bond acceptors (Lipinski definition) is 8. The molecule has 4 rings (SSSR count). The topological polar surface area (TPSA) is 113 Å². The third-order valence-corrected chi connectivity index (χ3v) is 8.93. The summed E-state index contributed by atoms with van der Waals surface area (Å²) in [7, 11) is 1.72. The third-order valence-electron chi connectivity index (χ3n) is 8.93. The molecule has 1 spiro atoms. The van der Waals surface area contributed by atoms with E-state index in [0.717, 1.165) is 39.0 Å². The van der Waals surface area contributed by atoms with Crippen molar-refractivity contribution in [1.82, 2.24) is 15.1 Å². The van der Waals surface area contributed by atoms with Crippen molar-refractivity contribution in [2.75, 3.05) is 53.0 Å². The van der Waals surface area contributed by atoms with E-state index in [2.05, 4.69) is 37.1 Å². The standard InChI is InChI=1S/C29H47N3O7/c1-6-21(33)8-10-24(34)37-18-17-31-13-15-32(16-14-31)27(35)30-22-11-12-29(19-38-29)26(25(22)36-5)28(4)23(39-28)9-7-20(2)3/h7,22-23,25-26H,6,8-19H2,1-5H3,(H,30,35)/t22-,23-,25-,26-,28?,29+/m1/s1. The lowest BCUT2D eigenvalue weighted by Crippen LogP contribution is -2.61. The number of piperazine rings is 1. The van der Waals surface area contributed by atoms with Gasteiger partial charge in [0.1, 0.15) is 18.0 Å². The Morgan fingerprint density at radius 1 is 1.13 bits per heavy atom. The minimum absolute atomic E-state index is 0.0595. The highest BCUT2D eigenvalue weighted by Gasteiger charge is 2.71. The molecule has 0 aromatic heterocycles. The molecule has 1 saturated carbocycles.